The molecule has 28 heavy (non-hydrogen) atoms. The van der Waals surface area contributed by atoms with Crippen molar-refractivity contribution in [3.63, 3.8) is 0 Å². The molecule has 0 radical (unpaired) electrons. The number of fused-ring (bicyclic) bond motifs is 1. The number of nitrogens with zero attached hydrogens (tertiary/aromatic N) is 3. The van der Waals surface area contributed by atoms with Crippen LogP contribution in [0, 0.1) is 18.6 Å². The highest BCUT2D eigenvalue weighted by molar-refractivity contribution is 6.43. The van der Waals surface area contributed by atoms with Gasteiger partial charge in [-0.3, -0.25) is 0 Å². The molecule has 5 nitrogen and oxygen atoms in total. The molecule has 8 heteroatoms. The molecule has 0 unspecified atom stereocenters. The van der Waals surface area contributed by atoms with Gasteiger partial charge in [0.05, 0.1) is 0 Å². The Kier molecular flexibility index (Phi) is 4.99. The second kappa shape index (κ2) is 7.45. The summed E-state index contributed by atoms with van der Waals surface area (Å²) in [4.78, 5) is 10.5. The zero-order valence-corrected chi connectivity index (χ0v) is 15.4. The molecule has 1 saturated heterocycles. The van der Waals surface area contributed by atoms with Gasteiger partial charge >= 0.3 is 7.12 Å². The number of halogens is 2. The molecule has 2 N–H and O–H groups in total. The molecular weight excluding hydrogens is 363 g/mol. The molecule has 0 amide bonds. The van der Waals surface area contributed by atoms with E-state index in [1.165, 1.54) is 12.4 Å². The minimum absolute atomic E-state index is 0.151. The Labute approximate surface area is 161 Å². The van der Waals surface area contributed by atoms with Crippen LogP contribution in [-0.4, -0.2) is 40.2 Å². The summed E-state index contributed by atoms with van der Waals surface area (Å²) in [5.41, 5.74) is 1.17. The molecule has 2 heterocycles. The van der Waals surface area contributed by atoms with Gasteiger partial charge in [-0.2, -0.15) is 0 Å². The Morgan fingerprint density at radius 2 is 1.82 bits per heavy atom. The zero-order chi connectivity index (χ0) is 19.8. The zero-order valence-electron chi connectivity index (χ0n) is 15.4. The van der Waals surface area contributed by atoms with Crippen LogP contribution in [0.2, 0.25) is 5.82 Å². The van der Waals surface area contributed by atoms with E-state index in [-0.39, 0.29) is 22.5 Å². The van der Waals surface area contributed by atoms with Gasteiger partial charge in [0.1, 0.15) is 23.5 Å². The van der Waals surface area contributed by atoms with E-state index in [0.717, 1.165) is 0 Å². The number of piperidine rings is 1. The van der Waals surface area contributed by atoms with E-state index in [2.05, 4.69) is 9.97 Å². The topological polar surface area (TPSA) is 69.5 Å². The molecule has 0 bridgehead atoms. The third kappa shape index (κ3) is 3.23. The van der Waals surface area contributed by atoms with Crippen molar-refractivity contribution >= 4 is 23.8 Å². The van der Waals surface area contributed by atoms with Crippen LogP contribution >= 0.6 is 0 Å². The maximum Gasteiger partial charge on any atom is 0.454 e. The van der Waals surface area contributed by atoms with Crippen LogP contribution in [-0.2, 0) is 0 Å². The van der Waals surface area contributed by atoms with Gasteiger partial charge in [0.15, 0.2) is 5.82 Å². The second-order valence-electron chi connectivity index (χ2n) is 7.19. The molecule has 2 aromatic carbocycles. The van der Waals surface area contributed by atoms with Crippen LogP contribution in [0.1, 0.15) is 18.4 Å². The highest BCUT2D eigenvalue weighted by Gasteiger charge is 2.29. The van der Waals surface area contributed by atoms with Gasteiger partial charge in [0.2, 0.25) is 0 Å². The Morgan fingerprint density at radius 1 is 1.11 bits per heavy atom. The largest absolute Gasteiger partial charge is 0.454 e. The number of anilines is 1. The van der Waals surface area contributed by atoms with Crippen LogP contribution < -0.4 is 4.90 Å². The van der Waals surface area contributed by atoms with Crippen molar-refractivity contribution < 1.29 is 18.8 Å². The van der Waals surface area contributed by atoms with Gasteiger partial charge in [0.25, 0.3) is 0 Å². The highest BCUT2D eigenvalue weighted by atomic mass is 19.1. The van der Waals surface area contributed by atoms with Crippen molar-refractivity contribution in [3.05, 3.63) is 53.9 Å². The monoisotopic (exact) mass is 383 g/mol. The van der Waals surface area contributed by atoms with Crippen molar-refractivity contribution in [2.45, 2.75) is 25.6 Å². The molecule has 0 atom stereocenters. The first-order valence-corrected chi connectivity index (χ1v) is 9.27. The lowest BCUT2D eigenvalue weighted by Crippen LogP contribution is -2.37. The maximum absolute atomic E-state index is 15.4. The van der Waals surface area contributed by atoms with E-state index >= 15 is 4.39 Å². The fourth-order valence-electron chi connectivity index (χ4n) is 3.93. The van der Waals surface area contributed by atoms with Gasteiger partial charge in [-0.1, -0.05) is 18.2 Å². The molecule has 1 aliphatic rings. The third-order valence-corrected chi connectivity index (χ3v) is 5.45. The summed E-state index contributed by atoms with van der Waals surface area (Å²) in [6.07, 6.45) is 2.53. The molecular formula is C20H20BF2N3O2. The van der Waals surface area contributed by atoms with Crippen LogP contribution in [0.4, 0.5) is 14.6 Å². The first kappa shape index (κ1) is 18.8. The number of hydrogen-bond donors (Lipinski definition) is 2. The number of aromatic nitrogens is 2. The Bertz CT molecular complexity index is 1020. The first-order valence-electron chi connectivity index (χ1n) is 9.27. The molecule has 1 aromatic heterocycles. The van der Waals surface area contributed by atoms with E-state index in [1.54, 1.807) is 31.2 Å². The first-order chi connectivity index (χ1) is 13.5. The predicted molar refractivity (Wildman–Crippen MR) is 105 cm³/mol. The minimum atomic E-state index is -1.33. The normalized spacial score (nSPS) is 15.2. The third-order valence-electron chi connectivity index (χ3n) is 5.45. The fourth-order valence-corrected chi connectivity index (χ4v) is 3.93. The molecule has 144 valence electrons. The van der Waals surface area contributed by atoms with Gasteiger partial charge in [-0.25, -0.2) is 18.7 Å². The van der Waals surface area contributed by atoms with Crippen LogP contribution in [0.15, 0.2) is 36.7 Å². The minimum Gasteiger partial charge on any atom is -0.427 e. The molecule has 1 fully saturated rings. The second-order valence-corrected chi connectivity index (χ2v) is 7.19. The summed E-state index contributed by atoms with van der Waals surface area (Å²) in [5.74, 6) is -0.611. The number of hydrogen-bond acceptors (Lipinski definition) is 5. The fraction of sp³-hybridized carbons (Fsp3) is 0.300. The lowest BCUT2D eigenvalue weighted by Gasteiger charge is -2.33. The lowest BCUT2D eigenvalue weighted by molar-refractivity contribution is 0.364. The highest BCUT2D eigenvalue weighted by Crippen LogP contribution is 2.37. The summed E-state index contributed by atoms with van der Waals surface area (Å²) >= 11 is 0. The quantitative estimate of drug-likeness (QED) is 0.680. The summed E-state index contributed by atoms with van der Waals surface area (Å²) in [5, 5.41) is 19.3. The van der Waals surface area contributed by atoms with Gasteiger partial charge in [-0.15, -0.1) is 0 Å². The average molecular weight is 383 g/mol. The van der Waals surface area contributed by atoms with E-state index < -0.39 is 18.8 Å². The van der Waals surface area contributed by atoms with Crippen molar-refractivity contribution in [1.82, 2.24) is 9.97 Å². The van der Waals surface area contributed by atoms with E-state index in [9.17, 15) is 14.4 Å². The van der Waals surface area contributed by atoms with Gasteiger partial charge in [-0.05, 0) is 43.3 Å². The van der Waals surface area contributed by atoms with E-state index in [1.807, 2.05) is 4.90 Å². The van der Waals surface area contributed by atoms with Crippen LogP contribution in [0.3, 0.4) is 0 Å². The smallest absolute Gasteiger partial charge is 0.427 e. The summed E-state index contributed by atoms with van der Waals surface area (Å²) in [6, 6.07) is 7.90. The molecule has 1 aliphatic heterocycles. The van der Waals surface area contributed by atoms with Gasteiger partial charge in [0, 0.05) is 29.6 Å². The van der Waals surface area contributed by atoms with Crippen molar-refractivity contribution in [3.8, 4) is 11.1 Å². The van der Waals surface area contributed by atoms with Crippen LogP contribution in [0.5, 0.6) is 0 Å². The summed E-state index contributed by atoms with van der Waals surface area (Å²) in [7, 11) is -1.33. The maximum atomic E-state index is 15.4. The van der Waals surface area contributed by atoms with Crippen LogP contribution in [0.25, 0.3) is 22.0 Å². The number of aryl methyl sites for hydroxylation is 1. The SMILES string of the molecule is Cc1cc2c(N3CCC(B(O)O)CC3)ncnc2c(F)c1-c1ccccc1F. The average Bonchev–Trinajstić information content (AvgIpc) is 2.69. The molecule has 4 rings (SSSR count). The lowest BCUT2D eigenvalue weighted by atomic mass is 9.67. The molecule has 3 aromatic rings. The number of benzene rings is 2. The number of rotatable bonds is 3. The Hall–Kier alpha value is -2.58. The Morgan fingerprint density at radius 3 is 2.50 bits per heavy atom. The van der Waals surface area contributed by atoms with E-state index in [4.69, 9.17) is 0 Å². The van der Waals surface area contributed by atoms with Gasteiger partial charge < -0.3 is 14.9 Å². The van der Waals surface area contributed by atoms with E-state index in [0.29, 0.717) is 42.7 Å². The Balaban J connectivity index is 1.79. The molecule has 0 spiro atoms. The molecule has 0 aliphatic carbocycles. The standard InChI is InChI=1S/C20H20BF2N3O2/c1-12-10-15-19(18(23)17(12)14-4-2-3-5-16(14)22)24-11-25-20(15)26-8-6-13(7-9-26)21(27)28/h2-5,10-11,13,27-28H,6-9H2,1H3. The van der Waals surface area contributed by atoms with Crippen molar-refractivity contribution in [2.24, 2.45) is 0 Å². The van der Waals surface area contributed by atoms with Crippen molar-refractivity contribution in [1.29, 1.82) is 0 Å². The molecule has 0 saturated carbocycles. The predicted octanol–water partition coefficient (Wildman–Crippen LogP) is 3.33. The summed E-state index contributed by atoms with van der Waals surface area (Å²) in [6.45, 7) is 2.92. The van der Waals surface area contributed by atoms with Crippen molar-refractivity contribution in [2.75, 3.05) is 18.0 Å². The summed E-state index contributed by atoms with van der Waals surface area (Å²) < 4.78 is 29.6.